The summed E-state index contributed by atoms with van der Waals surface area (Å²) in [5, 5.41) is 26.8. The molecule has 0 spiro atoms. The van der Waals surface area contributed by atoms with Gasteiger partial charge in [-0.1, -0.05) is 0 Å². The Kier molecular flexibility index (Phi) is 5.02. The summed E-state index contributed by atoms with van der Waals surface area (Å²) in [5.74, 6) is 0.731. The van der Waals surface area contributed by atoms with Crippen molar-refractivity contribution in [3.8, 4) is 22.9 Å². The number of aromatic nitrogens is 2. The van der Waals surface area contributed by atoms with Gasteiger partial charge in [0.1, 0.15) is 23.8 Å². The topological polar surface area (TPSA) is 87.5 Å². The second-order valence-corrected chi connectivity index (χ2v) is 8.00. The van der Waals surface area contributed by atoms with E-state index in [1.165, 1.54) is 11.3 Å². The van der Waals surface area contributed by atoms with Crippen molar-refractivity contribution in [2.75, 3.05) is 11.9 Å². The molecule has 3 N–H and O–H groups in total. The molecule has 0 amide bonds. The molecule has 0 saturated heterocycles. The number of rotatable bonds is 6. The van der Waals surface area contributed by atoms with Crippen LogP contribution in [-0.2, 0) is 0 Å². The largest absolute Gasteiger partial charge is 0.507 e. The highest BCUT2D eigenvalue weighted by Crippen LogP contribution is 2.32. The fraction of sp³-hybridized carbons (Fsp3) is 0.368. The molecule has 26 heavy (non-hydrogen) atoms. The van der Waals surface area contributed by atoms with Crippen molar-refractivity contribution in [2.45, 2.75) is 39.3 Å². The molecule has 6 nitrogen and oxygen atoms in total. The lowest BCUT2D eigenvalue weighted by Crippen LogP contribution is -2.27. The molecule has 2 heterocycles. The lowest BCUT2D eigenvalue weighted by atomic mass is 10.1. The Labute approximate surface area is 156 Å². The Hall–Kier alpha value is -2.38. The molecule has 0 saturated carbocycles. The van der Waals surface area contributed by atoms with Crippen molar-refractivity contribution < 1.29 is 14.9 Å². The van der Waals surface area contributed by atoms with E-state index in [0.717, 1.165) is 5.13 Å². The first-order valence-corrected chi connectivity index (χ1v) is 9.30. The van der Waals surface area contributed by atoms with Crippen LogP contribution in [0.5, 0.6) is 11.5 Å². The lowest BCUT2D eigenvalue weighted by molar-refractivity contribution is 0.0285. The van der Waals surface area contributed by atoms with Gasteiger partial charge in [-0.15, -0.1) is 11.3 Å². The van der Waals surface area contributed by atoms with E-state index in [1.807, 2.05) is 5.38 Å². The Morgan fingerprint density at radius 2 is 1.96 bits per heavy atom. The number of pyridine rings is 1. The maximum atomic E-state index is 10.4. The Balaban J connectivity index is 1.93. The summed E-state index contributed by atoms with van der Waals surface area (Å²) in [6.07, 6.45) is 0. The van der Waals surface area contributed by atoms with Gasteiger partial charge in [0.15, 0.2) is 5.13 Å². The number of thiazole rings is 1. The van der Waals surface area contributed by atoms with Gasteiger partial charge in [0.2, 0.25) is 0 Å². The third-order valence-electron chi connectivity index (χ3n) is 3.53. The van der Waals surface area contributed by atoms with Gasteiger partial charge in [0, 0.05) is 28.9 Å². The average molecular weight is 373 g/mol. The number of aromatic hydroxyl groups is 1. The average Bonchev–Trinajstić information content (AvgIpc) is 2.99. The first-order chi connectivity index (χ1) is 12.2. The van der Waals surface area contributed by atoms with E-state index in [1.54, 1.807) is 38.1 Å². The van der Waals surface area contributed by atoms with E-state index in [2.05, 4.69) is 29.1 Å². The van der Waals surface area contributed by atoms with Gasteiger partial charge in [-0.3, -0.25) is 0 Å². The summed E-state index contributed by atoms with van der Waals surface area (Å²) in [5.41, 5.74) is 0.993. The lowest BCUT2D eigenvalue weighted by Gasteiger charge is -2.18. The Morgan fingerprint density at radius 1 is 1.19 bits per heavy atom. The fourth-order valence-corrected chi connectivity index (χ4v) is 3.23. The second kappa shape index (κ2) is 7.09. The van der Waals surface area contributed by atoms with Crippen LogP contribution in [-0.4, -0.2) is 38.4 Å². The Morgan fingerprint density at radius 3 is 2.65 bits per heavy atom. The third kappa shape index (κ3) is 4.42. The van der Waals surface area contributed by atoms with E-state index in [-0.39, 0.29) is 12.4 Å². The van der Waals surface area contributed by atoms with Gasteiger partial charge in [-0.2, -0.15) is 0 Å². The zero-order valence-electron chi connectivity index (χ0n) is 15.3. The monoisotopic (exact) mass is 373 g/mol. The molecular formula is C19H23N3O3S. The first kappa shape index (κ1) is 18.4. The zero-order valence-corrected chi connectivity index (χ0v) is 16.1. The SMILES string of the molecule is CC(C)Nc1nc(-c2cc(O)c3ccc(OCC(C)(C)O)cc3n2)cs1. The summed E-state index contributed by atoms with van der Waals surface area (Å²) < 4.78 is 5.62. The van der Waals surface area contributed by atoms with E-state index in [0.29, 0.717) is 34.1 Å². The molecule has 0 unspecified atom stereocenters. The molecule has 0 atom stereocenters. The predicted molar refractivity (Wildman–Crippen MR) is 105 cm³/mol. The van der Waals surface area contributed by atoms with Crippen LogP contribution in [0, 0.1) is 0 Å². The number of aliphatic hydroxyl groups is 1. The molecule has 0 aliphatic rings. The summed E-state index contributed by atoms with van der Waals surface area (Å²) in [6.45, 7) is 7.63. The normalized spacial score (nSPS) is 11.9. The highest BCUT2D eigenvalue weighted by atomic mass is 32.1. The van der Waals surface area contributed by atoms with Gasteiger partial charge >= 0.3 is 0 Å². The van der Waals surface area contributed by atoms with Crippen LogP contribution in [0.15, 0.2) is 29.6 Å². The van der Waals surface area contributed by atoms with Crippen LogP contribution < -0.4 is 10.1 Å². The second-order valence-electron chi connectivity index (χ2n) is 7.14. The zero-order chi connectivity index (χ0) is 18.9. The number of benzene rings is 1. The molecule has 0 fully saturated rings. The molecule has 0 aliphatic carbocycles. The van der Waals surface area contributed by atoms with Gasteiger partial charge in [0.25, 0.3) is 0 Å². The van der Waals surface area contributed by atoms with Crippen molar-refractivity contribution in [3.05, 3.63) is 29.6 Å². The highest BCUT2D eigenvalue weighted by Gasteiger charge is 2.15. The van der Waals surface area contributed by atoms with E-state index in [4.69, 9.17) is 4.74 Å². The molecule has 138 valence electrons. The fourth-order valence-electron chi connectivity index (χ4n) is 2.38. The summed E-state index contributed by atoms with van der Waals surface area (Å²) in [7, 11) is 0. The van der Waals surface area contributed by atoms with E-state index in [9.17, 15) is 10.2 Å². The quantitative estimate of drug-likeness (QED) is 0.605. The van der Waals surface area contributed by atoms with E-state index < -0.39 is 5.60 Å². The maximum Gasteiger partial charge on any atom is 0.183 e. The molecule has 3 rings (SSSR count). The third-order valence-corrected chi connectivity index (χ3v) is 4.30. The number of hydrogen-bond acceptors (Lipinski definition) is 7. The summed E-state index contributed by atoms with van der Waals surface area (Å²) in [4.78, 5) is 9.15. The van der Waals surface area contributed by atoms with Crippen molar-refractivity contribution in [2.24, 2.45) is 0 Å². The van der Waals surface area contributed by atoms with Crippen molar-refractivity contribution >= 4 is 27.4 Å². The van der Waals surface area contributed by atoms with Crippen molar-refractivity contribution in [3.63, 3.8) is 0 Å². The molecule has 1 aromatic carbocycles. The molecule has 7 heteroatoms. The number of fused-ring (bicyclic) bond motifs is 1. The van der Waals surface area contributed by atoms with Crippen LogP contribution >= 0.6 is 11.3 Å². The minimum atomic E-state index is -0.924. The van der Waals surface area contributed by atoms with Crippen LogP contribution in [0.25, 0.3) is 22.3 Å². The van der Waals surface area contributed by atoms with Crippen molar-refractivity contribution in [1.29, 1.82) is 0 Å². The van der Waals surface area contributed by atoms with Crippen LogP contribution in [0.4, 0.5) is 5.13 Å². The minimum Gasteiger partial charge on any atom is -0.507 e. The van der Waals surface area contributed by atoms with Gasteiger partial charge < -0.3 is 20.3 Å². The number of nitrogens with one attached hydrogen (secondary N) is 1. The van der Waals surface area contributed by atoms with Gasteiger partial charge in [-0.25, -0.2) is 9.97 Å². The first-order valence-electron chi connectivity index (χ1n) is 8.43. The number of nitrogens with zero attached hydrogens (tertiary/aromatic N) is 2. The smallest absolute Gasteiger partial charge is 0.183 e. The van der Waals surface area contributed by atoms with E-state index >= 15 is 0 Å². The van der Waals surface area contributed by atoms with Crippen molar-refractivity contribution in [1.82, 2.24) is 9.97 Å². The highest BCUT2D eigenvalue weighted by molar-refractivity contribution is 7.14. The molecule has 0 aliphatic heterocycles. The molecular weight excluding hydrogens is 350 g/mol. The molecule has 2 aromatic heterocycles. The van der Waals surface area contributed by atoms with Crippen LogP contribution in [0.3, 0.4) is 0 Å². The van der Waals surface area contributed by atoms with Crippen LogP contribution in [0.1, 0.15) is 27.7 Å². The summed E-state index contributed by atoms with van der Waals surface area (Å²) in [6, 6.07) is 7.18. The molecule has 0 radical (unpaired) electrons. The summed E-state index contributed by atoms with van der Waals surface area (Å²) >= 11 is 1.50. The number of ether oxygens (including phenoxy) is 1. The van der Waals surface area contributed by atoms with Gasteiger partial charge in [-0.05, 0) is 39.8 Å². The maximum absolute atomic E-state index is 10.4. The Bertz CT molecular complexity index is 916. The molecule has 0 bridgehead atoms. The predicted octanol–water partition coefficient (Wildman–Crippen LogP) is 4.03. The number of hydrogen-bond donors (Lipinski definition) is 3. The van der Waals surface area contributed by atoms with Crippen LogP contribution in [0.2, 0.25) is 0 Å². The van der Waals surface area contributed by atoms with Gasteiger partial charge in [0.05, 0.1) is 16.8 Å². The number of anilines is 1. The minimum absolute atomic E-state index is 0.144. The molecule has 3 aromatic rings. The standard InChI is InChI=1S/C19H23N3O3S/c1-11(2)20-18-22-16(9-26-18)15-8-17(23)13-6-5-12(7-14(13)21-15)25-10-19(3,4)24/h5-9,11,24H,10H2,1-4H3,(H,20,22)(H,21,23).